The zero-order valence-corrected chi connectivity index (χ0v) is 20.8. The fourth-order valence-electron chi connectivity index (χ4n) is 4.03. The van der Waals surface area contributed by atoms with E-state index in [0.29, 0.717) is 5.56 Å². The van der Waals surface area contributed by atoms with Gasteiger partial charge >= 0.3 is 11.9 Å². The quantitative estimate of drug-likeness (QED) is 0.613. The molecule has 2 aromatic carbocycles. The number of para-hydroxylation sites is 1. The third-order valence-electron chi connectivity index (χ3n) is 5.49. The maximum atomic E-state index is 13.2. The average molecular weight is 489 g/mol. The molecule has 9 nitrogen and oxygen atoms in total. The average Bonchev–Trinajstić information content (AvgIpc) is 2.86. The van der Waals surface area contributed by atoms with Gasteiger partial charge in [0.05, 0.1) is 48.6 Å². The second-order valence-electron chi connectivity index (χ2n) is 9.06. The first-order chi connectivity index (χ1) is 17.1. The number of amides is 1. The van der Waals surface area contributed by atoms with Gasteiger partial charge in [-0.15, -0.1) is 0 Å². The summed E-state index contributed by atoms with van der Waals surface area (Å²) in [5, 5.41) is 13.0. The molecule has 1 heterocycles. The van der Waals surface area contributed by atoms with Gasteiger partial charge in [-0.05, 0) is 38.5 Å². The maximum Gasteiger partial charge on any atom is 0.355 e. The van der Waals surface area contributed by atoms with Gasteiger partial charge in [0.1, 0.15) is 11.5 Å². The Morgan fingerprint density at radius 3 is 2.11 bits per heavy atom. The molecule has 0 bridgehead atoms. The van der Waals surface area contributed by atoms with E-state index in [1.54, 1.807) is 54.6 Å². The van der Waals surface area contributed by atoms with Crippen LogP contribution in [0, 0.1) is 11.3 Å². The first kappa shape index (κ1) is 26.0. The van der Waals surface area contributed by atoms with Gasteiger partial charge in [-0.3, -0.25) is 9.69 Å². The number of allylic oxidation sites excluding steroid dienone is 1. The second-order valence-corrected chi connectivity index (χ2v) is 9.06. The van der Waals surface area contributed by atoms with Crippen LogP contribution in [0.15, 0.2) is 77.3 Å². The highest BCUT2D eigenvalue weighted by Crippen LogP contribution is 2.43. The van der Waals surface area contributed by atoms with Crippen molar-refractivity contribution < 1.29 is 23.9 Å². The molecule has 0 radical (unpaired) electrons. The first-order valence-corrected chi connectivity index (χ1v) is 11.1. The van der Waals surface area contributed by atoms with Crippen LogP contribution in [-0.2, 0) is 19.1 Å². The van der Waals surface area contributed by atoms with Crippen LogP contribution >= 0.6 is 0 Å². The summed E-state index contributed by atoms with van der Waals surface area (Å²) in [6.45, 7) is 5.49. The van der Waals surface area contributed by atoms with E-state index in [1.807, 2.05) is 20.8 Å². The minimum absolute atomic E-state index is 0.0142. The molecule has 186 valence electrons. The van der Waals surface area contributed by atoms with E-state index in [4.69, 9.17) is 15.2 Å². The Balaban J connectivity index is 2.40. The van der Waals surface area contributed by atoms with Gasteiger partial charge in [0, 0.05) is 5.54 Å². The standard InChI is InChI=1S/C27H28N4O5/c1-27(2,3)30-24(32)17-13-9-10-14-19(17)31-22(26(34)36-5)21(25(33)35-4)20(18(15-28)23(31)29)16-11-7-6-8-12-16/h6-14,20H,29H2,1-5H3,(H,30,32). The lowest BCUT2D eigenvalue weighted by Crippen LogP contribution is -2.43. The highest BCUT2D eigenvalue weighted by molar-refractivity contribution is 6.08. The van der Waals surface area contributed by atoms with E-state index in [2.05, 4.69) is 11.4 Å². The number of ether oxygens (including phenoxy) is 2. The van der Waals surface area contributed by atoms with Crippen LogP contribution in [-0.4, -0.2) is 37.6 Å². The zero-order chi connectivity index (χ0) is 26.6. The van der Waals surface area contributed by atoms with E-state index in [9.17, 15) is 19.6 Å². The van der Waals surface area contributed by atoms with Crippen LogP contribution in [0.25, 0.3) is 0 Å². The summed E-state index contributed by atoms with van der Waals surface area (Å²) < 4.78 is 10.1. The number of nitriles is 1. The molecule has 36 heavy (non-hydrogen) atoms. The summed E-state index contributed by atoms with van der Waals surface area (Å²) in [4.78, 5) is 40.8. The molecule has 9 heteroatoms. The molecule has 1 aliphatic heterocycles. The van der Waals surface area contributed by atoms with Crippen molar-refractivity contribution in [1.82, 2.24) is 5.32 Å². The molecule has 0 fully saturated rings. The lowest BCUT2D eigenvalue weighted by Gasteiger charge is -2.36. The Kier molecular flexibility index (Phi) is 7.49. The summed E-state index contributed by atoms with van der Waals surface area (Å²) in [5.74, 6) is -3.27. The third kappa shape index (κ3) is 4.93. The molecule has 3 rings (SSSR count). The Labute approximate surface area is 209 Å². The minimum Gasteiger partial charge on any atom is -0.466 e. The normalized spacial score (nSPS) is 15.8. The molecule has 1 unspecified atom stereocenters. The number of carbonyl (C=O) groups is 3. The molecule has 0 saturated heterocycles. The molecule has 0 saturated carbocycles. The van der Waals surface area contributed by atoms with Crippen molar-refractivity contribution in [2.24, 2.45) is 5.73 Å². The Morgan fingerprint density at radius 1 is 0.972 bits per heavy atom. The van der Waals surface area contributed by atoms with Crippen molar-refractivity contribution in [2.45, 2.75) is 32.2 Å². The molecular formula is C27H28N4O5. The summed E-state index contributed by atoms with van der Waals surface area (Å²) >= 11 is 0. The van der Waals surface area contributed by atoms with Gasteiger partial charge in [0.25, 0.3) is 5.91 Å². The van der Waals surface area contributed by atoms with Crippen LogP contribution in [0.5, 0.6) is 0 Å². The first-order valence-electron chi connectivity index (χ1n) is 11.1. The molecular weight excluding hydrogens is 460 g/mol. The number of anilines is 1. The summed E-state index contributed by atoms with van der Waals surface area (Å²) in [5.41, 5.74) is 6.54. The van der Waals surface area contributed by atoms with Crippen LogP contribution in [0.2, 0.25) is 0 Å². The van der Waals surface area contributed by atoms with Gasteiger partial charge in [0.15, 0.2) is 0 Å². The molecule has 2 aromatic rings. The molecule has 3 N–H and O–H groups in total. The highest BCUT2D eigenvalue weighted by Gasteiger charge is 2.43. The monoisotopic (exact) mass is 488 g/mol. The smallest absolute Gasteiger partial charge is 0.355 e. The van der Waals surface area contributed by atoms with Gasteiger partial charge < -0.3 is 20.5 Å². The number of carbonyl (C=O) groups excluding carboxylic acids is 3. The highest BCUT2D eigenvalue weighted by atomic mass is 16.5. The lowest BCUT2D eigenvalue weighted by molar-refractivity contribution is -0.139. The zero-order valence-electron chi connectivity index (χ0n) is 20.8. The van der Waals surface area contributed by atoms with Crippen molar-refractivity contribution >= 4 is 23.5 Å². The van der Waals surface area contributed by atoms with Crippen LogP contribution in [0.3, 0.4) is 0 Å². The van der Waals surface area contributed by atoms with E-state index >= 15 is 0 Å². The molecule has 1 aliphatic rings. The Hall–Kier alpha value is -4.58. The number of rotatable bonds is 5. The van der Waals surface area contributed by atoms with Crippen molar-refractivity contribution in [3.8, 4) is 6.07 Å². The lowest BCUT2D eigenvalue weighted by atomic mass is 9.80. The Morgan fingerprint density at radius 2 is 1.56 bits per heavy atom. The van der Waals surface area contributed by atoms with Gasteiger partial charge in [0.2, 0.25) is 0 Å². The second kappa shape index (κ2) is 10.4. The van der Waals surface area contributed by atoms with Crippen molar-refractivity contribution in [3.63, 3.8) is 0 Å². The number of esters is 2. The van der Waals surface area contributed by atoms with E-state index in [1.165, 1.54) is 12.0 Å². The molecule has 1 atom stereocenters. The van der Waals surface area contributed by atoms with Crippen molar-refractivity contribution in [2.75, 3.05) is 19.1 Å². The van der Waals surface area contributed by atoms with Gasteiger partial charge in [-0.25, -0.2) is 9.59 Å². The SMILES string of the molecule is COC(=O)C1=C(C(=O)OC)N(c2ccccc2C(=O)NC(C)(C)C)C(N)=C(C#N)C1c1ccccc1. The predicted octanol–water partition coefficient (Wildman–Crippen LogP) is 3.11. The van der Waals surface area contributed by atoms with E-state index < -0.39 is 29.3 Å². The molecule has 0 aliphatic carbocycles. The summed E-state index contributed by atoms with van der Waals surface area (Å²) in [6.07, 6.45) is 0. The Bertz CT molecular complexity index is 1300. The predicted molar refractivity (Wildman–Crippen MR) is 133 cm³/mol. The third-order valence-corrected chi connectivity index (χ3v) is 5.49. The number of nitrogens with one attached hydrogen (secondary N) is 1. The number of benzene rings is 2. The van der Waals surface area contributed by atoms with Crippen molar-refractivity contribution in [3.05, 3.63) is 88.4 Å². The minimum atomic E-state index is -0.996. The van der Waals surface area contributed by atoms with Crippen molar-refractivity contribution in [1.29, 1.82) is 5.26 Å². The van der Waals surface area contributed by atoms with Gasteiger partial charge in [-0.1, -0.05) is 42.5 Å². The fourth-order valence-corrected chi connectivity index (χ4v) is 4.03. The maximum absolute atomic E-state index is 13.2. The fraction of sp³-hybridized carbons (Fsp3) is 0.259. The molecule has 0 aromatic heterocycles. The summed E-state index contributed by atoms with van der Waals surface area (Å²) in [7, 11) is 2.34. The van der Waals surface area contributed by atoms with E-state index in [-0.39, 0.29) is 33.9 Å². The number of nitrogens with two attached hydrogens (primary N) is 1. The number of methoxy groups -OCH3 is 2. The number of hydrogen-bond acceptors (Lipinski definition) is 8. The van der Waals surface area contributed by atoms with Crippen LogP contribution in [0.4, 0.5) is 5.69 Å². The topological polar surface area (TPSA) is 135 Å². The number of nitrogens with zero attached hydrogens (tertiary/aromatic N) is 2. The molecule has 0 spiro atoms. The van der Waals surface area contributed by atoms with E-state index in [0.717, 1.165) is 7.11 Å². The van der Waals surface area contributed by atoms with Crippen LogP contribution in [0.1, 0.15) is 42.6 Å². The number of hydrogen-bond donors (Lipinski definition) is 2. The van der Waals surface area contributed by atoms with Gasteiger partial charge in [-0.2, -0.15) is 5.26 Å². The molecule has 1 amide bonds. The summed E-state index contributed by atoms with van der Waals surface area (Å²) in [6, 6.07) is 17.2. The van der Waals surface area contributed by atoms with Crippen LogP contribution < -0.4 is 16.0 Å². The largest absolute Gasteiger partial charge is 0.466 e.